The van der Waals surface area contributed by atoms with Crippen molar-refractivity contribution in [3.63, 3.8) is 0 Å². The van der Waals surface area contributed by atoms with Gasteiger partial charge in [0.1, 0.15) is 0 Å². The number of aromatic nitrogens is 1. The van der Waals surface area contributed by atoms with Gasteiger partial charge in [0.2, 0.25) is 0 Å². The maximum Gasteiger partial charge on any atom is 0.0722 e. The summed E-state index contributed by atoms with van der Waals surface area (Å²) >= 11 is 11.8. The minimum Gasteiger partial charge on any atom is -0.262 e. The molecule has 4 heteroatoms. The highest BCUT2D eigenvalue weighted by Gasteiger charge is 2.06. The van der Waals surface area contributed by atoms with Crippen molar-refractivity contribution in [1.29, 1.82) is 0 Å². The number of hydrogen-bond acceptors (Lipinski definition) is 1. The zero-order valence-electron chi connectivity index (χ0n) is 6.31. The highest BCUT2D eigenvalue weighted by Crippen LogP contribution is 2.39. The average molecular weight is 210 g/mol. The molecule has 0 bridgehead atoms. The van der Waals surface area contributed by atoms with Crippen LogP contribution in [0.3, 0.4) is 0 Å². The van der Waals surface area contributed by atoms with Crippen molar-refractivity contribution in [2.75, 3.05) is 12.5 Å². The molecule has 0 spiro atoms. The Kier molecular flexibility index (Phi) is 3.05. The molecule has 0 amide bonds. The third-order valence-electron chi connectivity index (χ3n) is 1.28. The highest BCUT2D eigenvalue weighted by molar-refractivity contribution is 8.16. The predicted octanol–water partition coefficient (Wildman–Crippen LogP) is 3.01. The lowest BCUT2D eigenvalue weighted by molar-refractivity contribution is 1.26. The Morgan fingerprint density at radius 1 is 1.18 bits per heavy atom. The van der Waals surface area contributed by atoms with E-state index >= 15 is 0 Å². The minimum absolute atomic E-state index is 0.241. The monoisotopic (exact) mass is 209 g/mol. The topological polar surface area (TPSA) is 12.9 Å². The maximum atomic E-state index is 5.89. The van der Waals surface area contributed by atoms with E-state index in [0.717, 1.165) is 4.90 Å². The predicted molar refractivity (Wildman–Crippen MR) is 53.4 cm³/mol. The molecule has 1 heterocycles. The van der Waals surface area contributed by atoms with Crippen molar-refractivity contribution in [3.8, 4) is 0 Å². The Bertz CT molecular complexity index is 242. The summed E-state index contributed by atoms with van der Waals surface area (Å²) in [6.45, 7) is 0. The molecule has 1 aromatic rings. The molecule has 0 N–H and O–H groups in total. The summed E-state index contributed by atoms with van der Waals surface area (Å²) in [7, 11) is -0.241. The Morgan fingerprint density at radius 3 is 1.91 bits per heavy atom. The molecule has 0 fully saturated rings. The van der Waals surface area contributed by atoms with E-state index in [-0.39, 0.29) is 10.9 Å². The molecule has 0 aliphatic rings. The van der Waals surface area contributed by atoms with E-state index in [4.69, 9.17) is 23.2 Å². The van der Waals surface area contributed by atoms with Crippen molar-refractivity contribution in [1.82, 2.24) is 4.98 Å². The molecule has 0 aromatic carbocycles. The molecular formula is C7H9Cl2NS. The van der Waals surface area contributed by atoms with Gasteiger partial charge in [0.15, 0.2) is 0 Å². The standard InChI is InChI=1S/C7H9Cl2NS/c1-11(2)7-5(8)3-10-4-6(7)9/h3-4,11H,1-2H3. The van der Waals surface area contributed by atoms with Gasteiger partial charge in [-0.1, -0.05) is 23.2 Å². The number of hydrogen-bond donors (Lipinski definition) is 1. The number of pyridine rings is 1. The lowest BCUT2D eigenvalue weighted by atomic mass is 10.5. The average Bonchev–Trinajstić information content (AvgIpc) is 1.85. The Balaban J connectivity index is 3.21. The summed E-state index contributed by atoms with van der Waals surface area (Å²) in [6.07, 6.45) is 7.49. The number of thiol groups is 1. The van der Waals surface area contributed by atoms with Gasteiger partial charge in [-0.15, -0.1) is 0 Å². The molecule has 11 heavy (non-hydrogen) atoms. The first-order chi connectivity index (χ1) is 5.13. The van der Waals surface area contributed by atoms with E-state index in [1.807, 2.05) is 0 Å². The van der Waals surface area contributed by atoms with Gasteiger partial charge in [0.25, 0.3) is 0 Å². The van der Waals surface area contributed by atoms with Crippen molar-refractivity contribution in [2.24, 2.45) is 0 Å². The Morgan fingerprint density at radius 2 is 1.64 bits per heavy atom. The van der Waals surface area contributed by atoms with Crippen LogP contribution in [0.2, 0.25) is 10.0 Å². The Labute approximate surface area is 79.1 Å². The molecule has 0 saturated carbocycles. The number of halogens is 2. The van der Waals surface area contributed by atoms with Crippen LogP contribution in [-0.4, -0.2) is 17.5 Å². The smallest absolute Gasteiger partial charge is 0.0722 e. The molecule has 0 atom stereocenters. The van der Waals surface area contributed by atoms with Gasteiger partial charge in [-0.3, -0.25) is 4.98 Å². The van der Waals surface area contributed by atoms with Crippen molar-refractivity contribution < 1.29 is 0 Å². The van der Waals surface area contributed by atoms with Gasteiger partial charge in [0, 0.05) is 17.3 Å². The molecule has 62 valence electrons. The summed E-state index contributed by atoms with van der Waals surface area (Å²) in [6, 6.07) is 0. The first kappa shape index (κ1) is 9.17. The van der Waals surface area contributed by atoms with Crippen LogP contribution in [0.4, 0.5) is 0 Å². The molecule has 0 aliphatic heterocycles. The van der Waals surface area contributed by atoms with Crippen LogP contribution in [0.25, 0.3) is 0 Å². The number of nitrogens with zero attached hydrogens (tertiary/aromatic N) is 1. The highest BCUT2D eigenvalue weighted by atomic mass is 35.5. The fourth-order valence-corrected chi connectivity index (χ4v) is 3.18. The van der Waals surface area contributed by atoms with Crippen molar-refractivity contribution >= 4 is 34.1 Å². The summed E-state index contributed by atoms with van der Waals surface area (Å²) in [5.74, 6) is 0. The van der Waals surface area contributed by atoms with E-state index in [9.17, 15) is 0 Å². The third kappa shape index (κ3) is 2.01. The zero-order valence-corrected chi connectivity index (χ0v) is 8.71. The van der Waals surface area contributed by atoms with Crippen LogP contribution >= 0.6 is 34.1 Å². The van der Waals surface area contributed by atoms with Crippen LogP contribution in [0.15, 0.2) is 17.3 Å². The van der Waals surface area contributed by atoms with E-state index < -0.39 is 0 Å². The molecule has 1 nitrogen and oxygen atoms in total. The second kappa shape index (κ2) is 3.65. The van der Waals surface area contributed by atoms with E-state index in [1.165, 1.54) is 0 Å². The Hall–Kier alpha value is 0.0800. The van der Waals surface area contributed by atoms with Crippen LogP contribution in [-0.2, 0) is 0 Å². The van der Waals surface area contributed by atoms with Gasteiger partial charge >= 0.3 is 0 Å². The maximum absolute atomic E-state index is 5.89. The van der Waals surface area contributed by atoms with E-state index in [2.05, 4.69) is 17.5 Å². The number of rotatable bonds is 1. The molecule has 0 radical (unpaired) electrons. The first-order valence-electron chi connectivity index (χ1n) is 3.09. The summed E-state index contributed by atoms with van der Waals surface area (Å²) < 4.78 is 0. The molecule has 0 saturated heterocycles. The van der Waals surface area contributed by atoms with Gasteiger partial charge in [-0.05, 0) is 12.5 Å². The summed E-state index contributed by atoms with van der Waals surface area (Å²) in [5, 5.41) is 1.35. The second-order valence-corrected chi connectivity index (χ2v) is 5.40. The van der Waals surface area contributed by atoms with Gasteiger partial charge in [-0.25, -0.2) is 10.9 Å². The van der Waals surface area contributed by atoms with Crippen LogP contribution in [0.1, 0.15) is 0 Å². The summed E-state index contributed by atoms with van der Waals surface area (Å²) in [4.78, 5) is 4.91. The van der Waals surface area contributed by atoms with Gasteiger partial charge < -0.3 is 0 Å². The molecule has 1 rings (SSSR count). The molecule has 0 aliphatic carbocycles. The van der Waals surface area contributed by atoms with E-state index in [1.54, 1.807) is 12.4 Å². The van der Waals surface area contributed by atoms with Crippen molar-refractivity contribution in [3.05, 3.63) is 22.4 Å². The second-order valence-electron chi connectivity index (χ2n) is 2.35. The fourth-order valence-electron chi connectivity index (χ4n) is 0.832. The zero-order chi connectivity index (χ0) is 8.43. The quantitative estimate of drug-likeness (QED) is 0.703. The normalized spacial score (nSPS) is 11.5. The largest absolute Gasteiger partial charge is 0.262 e. The van der Waals surface area contributed by atoms with Gasteiger partial charge in [-0.2, -0.15) is 0 Å². The SMILES string of the molecule is C[SH](C)c1c(Cl)cncc1Cl. The fraction of sp³-hybridized carbons (Fsp3) is 0.286. The third-order valence-corrected chi connectivity index (χ3v) is 3.49. The van der Waals surface area contributed by atoms with Crippen molar-refractivity contribution in [2.45, 2.75) is 4.90 Å². The van der Waals surface area contributed by atoms with Crippen LogP contribution in [0.5, 0.6) is 0 Å². The van der Waals surface area contributed by atoms with Gasteiger partial charge in [0.05, 0.1) is 10.0 Å². The van der Waals surface area contributed by atoms with Crippen LogP contribution < -0.4 is 0 Å². The molecule has 1 aromatic heterocycles. The van der Waals surface area contributed by atoms with Crippen LogP contribution in [0, 0.1) is 0 Å². The molecular weight excluding hydrogens is 201 g/mol. The first-order valence-corrected chi connectivity index (χ1v) is 6.08. The minimum atomic E-state index is -0.241. The van der Waals surface area contributed by atoms with E-state index in [0.29, 0.717) is 10.0 Å². The molecule has 0 unspecified atom stereocenters. The summed E-state index contributed by atoms with van der Waals surface area (Å²) in [5.41, 5.74) is 0. The lowest BCUT2D eigenvalue weighted by Crippen LogP contribution is -1.83. The lowest BCUT2D eigenvalue weighted by Gasteiger charge is -2.12.